The first kappa shape index (κ1) is 10.3. The van der Waals surface area contributed by atoms with Crippen molar-refractivity contribution in [2.75, 3.05) is 11.9 Å². The van der Waals surface area contributed by atoms with Crippen LogP contribution in [0, 0.1) is 0 Å². The maximum Gasteiger partial charge on any atom is 0.328 e. The molecule has 0 amide bonds. The lowest BCUT2D eigenvalue weighted by atomic mass is 10.1. The Hall–Kier alpha value is -1.77. The van der Waals surface area contributed by atoms with E-state index in [1.54, 1.807) is 6.08 Å². The van der Waals surface area contributed by atoms with Crippen molar-refractivity contribution in [3.8, 4) is 0 Å². The molecule has 0 aromatic heterocycles. The van der Waals surface area contributed by atoms with Crippen LogP contribution in [0.15, 0.2) is 30.3 Å². The van der Waals surface area contributed by atoms with Gasteiger partial charge >= 0.3 is 5.97 Å². The third-order valence-corrected chi connectivity index (χ3v) is 1.73. The number of para-hydroxylation sites is 1. The minimum Gasteiger partial charge on any atom is -0.478 e. The number of carbonyl (C=O) groups is 1. The lowest BCUT2D eigenvalue weighted by molar-refractivity contribution is -0.131. The lowest BCUT2D eigenvalue weighted by Crippen LogP contribution is -1.98. The summed E-state index contributed by atoms with van der Waals surface area (Å²) in [5.41, 5.74) is 1.84. The van der Waals surface area contributed by atoms with Gasteiger partial charge in [0.2, 0.25) is 0 Å². The van der Waals surface area contributed by atoms with E-state index in [4.69, 9.17) is 5.11 Å². The van der Waals surface area contributed by atoms with Gasteiger partial charge in [0.15, 0.2) is 0 Å². The Morgan fingerprint density at radius 1 is 1.50 bits per heavy atom. The summed E-state index contributed by atoms with van der Waals surface area (Å²) < 4.78 is 0. The number of hydrogen-bond donors (Lipinski definition) is 2. The number of aliphatic carboxylic acids is 1. The van der Waals surface area contributed by atoms with E-state index in [1.807, 2.05) is 31.2 Å². The molecular weight excluding hydrogens is 178 g/mol. The molecule has 1 rings (SSSR count). The van der Waals surface area contributed by atoms with Gasteiger partial charge in [-0.25, -0.2) is 4.79 Å². The van der Waals surface area contributed by atoms with Crippen molar-refractivity contribution in [2.24, 2.45) is 0 Å². The Balaban J connectivity index is 2.89. The maximum atomic E-state index is 10.3. The average Bonchev–Trinajstić information content (AvgIpc) is 2.17. The highest BCUT2D eigenvalue weighted by Gasteiger charge is 1.96. The molecule has 0 saturated heterocycles. The zero-order chi connectivity index (χ0) is 10.4. The molecule has 3 heteroatoms. The quantitative estimate of drug-likeness (QED) is 0.717. The van der Waals surface area contributed by atoms with Crippen molar-refractivity contribution in [3.63, 3.8) is 0 Å². The molecule has 0 saturated carbocycles. The van der Waals surface area contributed by atoms with E-state index >= 15 is 0 Å². The summed E-state index contributed by atoms with van der Waals surface area (Å²) in [6.07, 6.45) is 2.72. The summed E-state index contributed by atoms with van der Waals surface area (Å²) in [4.78, 5) is 10.3. The van der Waals surface area contributed by atoms with Gasteiger partial charge in [0.25, 0.3) is 0 Å². The minimum atomic E-state index is -0.934. The standard InChI is InChI=1S/C11H13NO2/c1-2-12-10-6-4-3-5-9(10)7-8-11(13)14/h3-8,12H,2H2,1H3,(H,13,14). The number of nitrogens with one attached hydrogen (secondary N) is 1. The molecule has 3 nitrogen and oxygen atoms in total. The molecule has 0 unspecified atom stereocenters. The van der Waals surface area contributed by atoms with Crippen molar-refractivity contribution in [3.05, 3.63) is 35.9 Å². The Morgan fingerprint density at radius 2 is 2.21 bits per heavy atom. The van der Waals surface area contributed by atoms with Gasteiger partial charge in [-0.2, -0.15) is 0 Å². The second-order valence-corrected chi connectivity index (χ2v) is 2.79. The monoisotopic (exact) mass is 191 g/mol. The van der Waals surface area contributed by atoms with E-state index in [0.717, 1.165) is 23.9 Å². The molecule has 0 aliphatic carbocycles. The van der Waals surface area contributed by atoms with Gasteiger partial charge in [-0.1, -0.05) is 18.2 Å². The smallest absolute Gasteiger partial charge is 0.328 e. The number of carboxylic acids is 1. The highest BCUT2D eigenvalue weighted by molar-refractivity contribution is 5.86. The van der Waals surface area contributed by atoms with Gasteiger partial charge in [-0.05, 0) is 24.6 Å². The average molecular weight is 191 g/mol. The molecule has 0 fully saturated rings. The fourth-order valence-corrected chi connectivity index (χ4v) is 1.15. The lowest BCUT2D eigenvalue weighted by Gasteiger charge is -2.06. The van der Waals surface area contributed by atoms with E-state index in [0.29, 0.717) is 0 Å². The Bertz CT molecular complexity index is 345. The number of rotatable bonds is 4. The third-order valence-electron chi connectivity index (χ3n) is 1.73. The molecule has 74 valence electrons. The number of hydrogen-bond acceptors (Lipinski definition) is 2. The summed E-state index contributed by atoms with van der Waals surface area (Å²) in [6.45, 7) is 2.82. The molecule has 0 spiro atoms. The topological polar surface area (TPSA) is 49.3 Å². The zero-order valence-electron chi connectivity index (χ0n) is 8.03. The van der Waals surface area contributed by atoms with E-state index in [1.165, 1.54) is 0 Å². The van der Waals surface area contributed by atoms with Gasteiger partial charge in [0.05, 0.1) is 0 Å². The molecule has 14 heavy (non-hydrogen) atoms. The van der Waals surface area contributed by atoms with Crippen LogP contribution in [0.4, 0.5) is 5.69 Å². The third kappa shape index (κ3) is 2.94. The van der Waals surface area contributed by atoms with E-state index in [9.17, 15) is 4.79 Å². The summed E-state index contributed by atoms with van der Waals surface area (Å²) >= 11 is 0. The predicted molar refractivity (Wildman–Crippen MR) is 57.3 cm³/mol. The fraction of sp³-hybridized carbons (Fsp3) is 0.182. The van der Waals surface area contributed by atoms with Crippen LogP contribution in [0.25, 0.3) is 6.08 Å². The SMILES string of the molecule is CCNc1ccccc1C=CC(=O)O. The van der Waals surface area contributed by atoms with Crippen molar-refractivity contribution in [2.45, 2.75) is 6.92 Å². The highest BCUT2D eigenvalue weighted by Crippen LogP contribution is 2.15. The first-order valence-electron chi connectivity index (χ1n) is 4.48. The van der Waals surface area contributed by atoms with Gasteiger partial charge < -0.3 is 10.4 Å². The highest BCUT2D eigenvalue weighted by atomic mass is 16.4. The summed E-state index contributed by atoms with van der Waals surface area (Å²) in [6, 6.07) is 7.58. The van der Waals surface area contributed by atoms with Crippen LogP contribution in [-0.2, 0) is 4.79 Å². The normalized spacial score (nSPS) is 10.4. The van der Waals surface area contributed by atoms with Crippen molar-refractivity contribution in [1.29, 1.82) is 0 Å². The largest absolute Gasteiger partial charge is 0.478 e. The van der Waals surface area contributed by atoms with Gasteiger partial charge in [-0.3, -0.25) is 0 Å². The van der Waals surface area contributed by atoms with Crippen molar-refractivity contribution < 1.29 is 9.90 Å². The van der Waals surface area contributed by atoms with Gasteiger partial charge in [-0.15, -0.1) is 0 Å². The van der Waals surface area contributed by atoms with Crippen LogP contribution in [0.5, 0.6) is 0 Å². The van der Waals surface area contributed by atoms with Gasteiger partial charge in [0.1, 0.15) is 0 Å². The Labute approximate surface area is 83.1 Å². The van der Waals surface area contributed by atoms with Crippen LogP contribution in [-0.4, -0.2) is 17.6 Å². The first-order valence-corrected chi connectivity index (χ1v) is 4.48. The fourth-order valence-electron chi connectivity index (χ4n) is 1.15. The number of benzene rings is 1. The minimum absolute atomic E-state index is 0.817. The van der Waals surface area contributed by atoms with E-state index in [-0.39, 0.29) is 0 Å². The predicted octanol–water partition coefficient (Wildman–Crippen LogP) is 2.22. The zero-order valence-corrected chi connectivity index (χ0v) is 8.03. The van der Waals surface area contributed by atoms with Crippen molar-refractivity contribution in [1.82, 2.24) is 0 Å². The number of carboxylic acid groups (broad SMARTS) is 1. The molecule has 1 aromatic rings. The molecule has 2 N–H and O–H groups in total. The summed E-state index contributed by atoms with van der Waals surface area (Å²) in [5, 5.41) is 11.6. The number of anilines is 1. The Morgan fingerprint density at radius 3 is 2.86 bits per heavy atom. The summed E-state index contributed by atoms with van der Waals surface area (Å²) in [5.74, 6) is -0.934. The molecule has 1 aromatic carbocycles. The molecular formula is C11H13NO2. The van der Waals surface area contributed by atoms with Gasteiger partial charge in [0, 0.05) is 18.3 Å². The van der Waals surface area contributed by atoms with Crippen LogP contribution in [0.2, 0.25) is 0 Å². The van der Waals surface area contributed by atoms with E-state index in [2.05, 4.69) is 5.32 Å². The Kier molecular flexibility index (Phi) is 3.73. The molecule has 0 atom stereocenters. The molecule has 0 radical (unpaired) electrons. The van der Waals surface area contributed by atoms with E-state index < -0.39 is 5.97 Å². The van der Waals surface area contributed by atoms with Crippen LogP contribution >= 0.6 is 0 Å². The molecule has 0 aliphatic heterocycles. The van der Waals surface area contributed by atoms with Crippen LogP contribution in [0.1, 0.15) is 12.5 Å². The van der Waals surface area contributed by atoms with Crippen LogP contribution < -0.4 is 5.32 Å². The summed E-state index contributed by atoms with van der Waals surface area (Å²) in [7, 11) is 0. The first-order chi connectivity index (χ1) is 6.74. The van der Waals surface area contributed by atoms with Crippen LogP contribution in [0.3, 0.4) is 0 Å². The molecule has 0 aliphatic rings. The maximum absolute atomic E-state index is 10.3. The van der Waals surface area contributed by atoms with Crippen molar-refractivity contribution >= 4 is 17.7 Å². The second kappa shape index (κ2) is 5.07. The second-order valence-electron chi connectivity index (χ2n) is 2.79. The molecule has 0 heterocycles. The molecule has 0 bridgehead atoms.